The van der Waals surface area contributed by atoms with E-state index in [2.05, 4.69) is 4.90 Å². The van der Waals surface area contributed by atoms with Crippen molar-refractivity contribution in [1.82, 2.24) is 4.90 Å². The van der Waals surface area contributed by atoms with Crippen LogP contribution in [0.15, 0.2) is 0 Å². The maximum Gasteiger partial charge on any atom is 0.267 e. The topological polar surface area (TPSA) is 76.1 Å². The van der Waals surface area contributed by atoms with Crippen molar-refractivity contribution in [3.63, 3.8) is 0 Å². The van der Waals surface area contributed by atoms with Gasteiger partial charge in [-0.3, -0.25) is 9.45 Å². The normalized spacial score (nSPS) is 20.4. The second kappa shape index (κ2) is 7.27. The molecule has 1 aliphatic rings. The van der Waals surface area contributed by atoms with Crippen molar-refractivity contribution < 1.29 is 22.4 Å². The molecule has 1 heterocycles. The van der Waals surface area contributed by atoms with Gasteiger partial charge in [0, 0.05) is 26.2 Å². The Morgan fingerprint density at radius 2 is 2.06 bits per heavy atom. The molecule has 1 N–H and O–H groups in total. The third-order valence-electron chi connectivity index (χ3n) is 2.52. The summed E-state index contributed by atoms with van der Waals surface area (Å²) in [5, 5.41) is 0. The van der Waals surface area contributed by atoms with Crippen LogP contribution in [-0.2, 0) is 19.6 Å². The summed E-state index contributed by atoms with van der Waals surface area (Å²) < 4.78 is 41.3. The zero-order chi connectivity index (χ0) is 12.7. The van der Waals surface area contributed by atoms with Crippen molar-refractivity contribution in [2.75, 3.05) is 45.2 Å². The SMILES string of the molecule is CCCOC(CN1CCOCC1)CS(=O)(=O)O. The monoisotopic (exact) mass is 267 g/mol. The van der Waals surface area contributed by atoms with Crippen LogP contribution in [0.4, 0.5) is 0 Å². The quantitative estimate of drug-likeness (QED) is 0.654. The standard InChI is InChI=1S/C10H21NO5S/c1-2-5-16-10(9-17(12,13)14)8-11-3-6-15-7-4-11/h10H,2-9H2,1H3,(H,12,13,14). The molecule has 0 aromatic heterocycles. The summed E-state index contributed by atoms with van der Waals surface area (Å²) >= 11 is 0. The average Bonchev–Trinajstić information content (AvgIpc) is 2.25. The molecule has 0 spiro atoms. The zero-order valence-corrected chi connectivity index (χ0v) is 11.0. The minimum absolute atomic E-state index is 0.343. The Bertz CT molecular complexity index is 300. The number of ether oxygens (including phenoxy) is 2. The maximum atomic E-state index is 10.9. The lowest BCUT2D eigenvalue weighted by molar-refractivity contribution is -0.00471. The molecule has 0 aromatic carbocycles. The van der Waals surface area contributed by atoms with Gasteiger partial charge >= 0.3 is 0 Å². The van der Waals surface area contributed by atoms with Crippen molar-refractivity contribution in [3.05, 3.63) is 0 Å². The van der Waals surface area contributed by atoms with Gasteiger partial charge in [0.1, 0.15) is 5.75 Å². The predicted octanol–water partition coefficient (Wildman–Crippen LogP) is 0.00160. The largest absolute Gasteiger partial charge is 0.379 e. The molecule has 1 atom stereocenters. The molecule has 6 nitrogen and oxygen atoms in total. The first-order chi connectivity index (χ1) is 8.01. The van der Waals surface area contributed by atoms with E-state index in [0.29, 0.717) is 26.4 Å². The Morgan fingerprint density at radius 3 is 2.59 bits per heavy atom. The van der Waals surface area contributed by atoms with Gasteiger partial charge in [0.05, 0.1) is 19.3 Å². The molecule has 17 heavy (non-hydrogen) atoms. The second-order valence-electron chi connectivity index (χ2n) is 4.15. The minimum Gasteiger partial charge on any atom is -0.379 e. The zero-order valence-electron chi connectivity index (χ0n) is 10.2. The number of nitrogens with zero attached hydrogens (tertiary/aromatic N) is 1. The molecule has 0 saturated carbocycles. The van der Waals surface area contributed by atoms with E-state index in [9.17, 15) is 8.42 Å². The van der Waals surface area contributed by atoms with Crippen LogP contribution < -0.4 is 0 Å². The van der Waals surface area contributed by atoms with Gasteiger partial charge in [-0.1, -0.05) is 6.92 Å². The Morgan fingerprint density at radius 1 is 1.41 bits per heavy atom. The van der Waals surface area contributed by atoms with Gasteiger partial charge in [-0.25, -0.2) is 0 Å². The van der Waals surface area contributed by atoms with Crippen LogP contribution in [-0.4, -0.2) is 69.2 Å². The van der Waals surface area contributed by atoms with Crippen molar-refractivity contribution in [2.45, 2.75) is 19.4 Å². The van der Waals surface area contributed by atoms with Crippen molar-refractivity contribution >= 4 is 10.1 Å². The van der Waals surface area contributed by atoms with Gasteiger partial charge in [-0.05, 0) is 6.42 Å². The second-order valence-corrected chi connectivity index (χ2v) is 5.65. The molecule has 1 rings (SSSR count). The Kier molecular flexibility index (Phi) is 6.35. The fourth-order valence-corrected chi connectivity index (χ4v) is 2.42. The molecule has 7 heteroatoms. The molecule has 102 valence electrons. The van der Waals surface area contributed by atoms with Crippen LogP contribution in [0.1, 0.15) is 13.3 Å². The lowest BCUT2D eigenvalue weighted by Crippen LogP contribution is -2.43. The fourth-order valence-electron chi connectivity index (χ4n) is 1.74. The number of hydrogen-bond donors (Lipinski definition) is 1. The van der Waals surface area contributed by atoms with Gasteiger partial charge in [0.25, 0.3) is 10.1 Å². The number of rotatable bonds is 7. The van der Waals surface area contributed by atoms with E-state index in [4.69, 9.17) is 14.0 Å². The molecular formula is C10H21NO5S. The van der Waals surface area contributed by atoms with Crippen LogP contribution in [0, 0.1) is 0 Å². The molecule has 0 amide bonds. The highest BCUT2D eigenvalue weighted by Gasteiger charge is 2.21. The highest BCUT2D eigenvalue weighted by molar-refractivity contribution is 7.85. The summed E-state index contributed by atoms with van der Waals surface area (Å²) in [7, 11) is -3.99. The fraction of sp³-hybridized carbons (Fsp3) is 1.00. The van der Waals surface area contributed by atoms with E-state index >= 15 is 0 Å². The minimum atomic E-state index is -3.99. The smallest absolute Gasteiger partial charge is 0.267 e. The van der Waals surface area contributed by atoms with Crippen LogP contribution in [0.2, 0.25) is 0 Å². The van der Waals surface area contributed by atoms with Gasteiger partial charge in [-0.15, -0.1) is 0 Å². The first kappa shape index (κ1) is 14.8. The molecule has 0 radical (unpaired) electrons. The number of morpholine rings is 1. The molecular weight excluding hydrogens is 246 g/mol. The first-order valence-corrected chi connectivity index (χ1v) is 7.49. The summed E-state index contributed by atoms with van der Waals surface area (Å²) in [6.45, 7) is 5.85. The predicted molar refractivity (Wildman–Crippen MR) is 63.7 cm³/mol. The lowest BCUT2D eigenvalue weighted by Gasteiger charge is -2.29. The van der Waals surface area contributed by atoms with Crippen molar-refractivity contribution in [1.29, 1.82) is 0 Å². The van der Waals surface area contributed by atoms with Gasteiger partial charge in [0.15, 0.2) is 0 Å². The average molecular weight is 267 g/mol. The first-order valence-electron chi connectivity index (χ1n) is 5.88. The molecule has 1 unspecified atom stereocenters. The highest BCUT2D eigenvalue weighted by atomic mass is 32.2. The van der Waals surface area contributed by atoms with Crippen LogP contribution in [0.3, 0.4) is 0 Å². The molecule has 1 aliphatic heterocycles. The van der Waals surface area contributed by atoms with Crippen LogP contribution >= 0.6 is 0 Å². The van der Waals surface area contributed by atoms with Crippen molar-refractivity contribution in [3.8, 4) is 0 Å². The third kappa shape index (κ3) is 6.95. The summed E-state index contributed by atoms with van der Waals surface area (Å²) in [6.07, 6.45) is 0.355. The Hall–Kier alpha value is -0.210. The maximum absolute atomic E-state index is 10.9. The third-order valence-corrected chi connectivity index (χ3v) is 3.31. The lowest BCUT2D eigenvalue weighted by atomic mass is 10.3. The van der Waals surface area contributed by atoms with E-state index in [-0.39, 0.29) is 5.75 Å². The summed E-state index contributed by atoms with van der Waals surface area (Å²) in [5.41, 5.74) is 0. The summed E-state index contributed by atoms with van der Waals surface area (Å²) in [5.74, 6) is -0.343. The van der Waals surface area contributed by atoms with E-state index < -0.39 is 16.2 Å². The van der Waals surface area contributed by atoms with Gasteiger partial charge in [-0.2, -0.15) is 8.42 Å². The molecule has 1 saturated heterocycles. The molecule has 0 bridgehead atoms. The van der Waals surface area contributed by atoms with E-state index in [0.717, 1.165) is 19.5 Å². The highest BCUT2D eigenvalue weighted by Crippen LogP contribution is 2.04. The van der Waals surface area contributed by atoms with E-state index in [1.807, 2.05) is 6.92 Å². The molecule has 0 aliphatic carbocycles. The van der Waals surface area contributed by atoms with Gasteiger partial charge in [0.2, 0.25) is 0 Å². The Balaban J connectivity index is 2.43. The van der Waals surface area contributed by atoms with E-state index in [1.54, 1.807) is 0 Å². The summed E-state index contributed by atoms with van der Waals surface area (Å²) in [4.78, 5) is 2.09. The summed E-state index contributed by atoms with van der Waals surface area (Å²) in [6, 6.07) is 0. The van der Waals surface area contributed by atoms with Crippen molar-refractivity contribution in [2.24, 2.45) is 0 Å². The molecule has 1 fully saturated rings. The molecule has 0 aromatic rings. The van der Waals surface area contributed by atoms with E-state index in [1.165, 1.54) is 0 Å². The van der Waals surface area contributed by atoms with Crippen LogP contribution in [0.5, 0.6) is 0 Å². The number of hydrogen-bond acceptors (Lipinski definition) is 5. The van der Waals surface area contributed by atoms with Crippen LogP contribution in [0.25, 0.3) is 0 Å². The Labute approximate surface area is 103 Å². The van der Waals surface area contributed by atoms with Gasteiger partial charge < -0.3 is 9.47 Å².